The SMILES string of the molecule is [B]c1c(C)c(C)cc(N)c1C. The number of anilines is 1. The second-order valence-electron chi connectivity index (χ2n) is 2.95. The van der Waals surface area contributed by atoms with E-state index in [4.69, 9.17) is 13.6 Å². The maximum Gasteiger partial charge on any atom is 0.114 e. The molecule has 0 bridgehead atoms. The van der Waals surface area contributed by atoms with Crippen LogP contribution in [-0.4, -0.2) is 7.85 Å². The first kappa shape index (κ1) is 8.18. The molecule has 0 amide bonds. The zero-order chi connectivity index (χ0) is 8.59. The Morgan fingerprint density at radius 1 is 1.18 bits per heavy atom. The summed E-state index contributed by atoms with van der Waals surface area (Å²) < 4.78 is 0. The van der Waals surface area contributed by atoms with Crippen LogP contribution in [0.2, 0.25) is 0 Å². The highest BCUT2D eigenvalue weighted by Crippen LogP contribution is 2.13. The number of benzene rings is 1. The van der Waals surface area contributed by atoms with E-state index in [0.29, 0.717) is 0 Å². The molecule has 0 saturated heterocycles. The van der Waals surface area contributed by atoms with Crippen molar-refractivity contribution in [3.8, 4) is 0 Å². The number of nitrogen functional groups attached to an aromatic ring is 1. The van der Waals surface area contributed by atoms with Crippen molar-refractivity contribution in [3.05, 3.63) is 22.8 Å². The third-order valence-corrected chi connectivity index (χ3v) is 2.20. The fraction of sp³-hybridized carbons (Fsp3) is 0.333. The Balaban J connectivity index is 3.46. The van der Waals surface area contributed by atoms with E-state index in [1.807, 2.05) is 26.8 Å². The van der Waals surface area contributed by atoms with Crippen molar-refractivity contribution >= 4 is 19.0 Å². The summed E-state index contributed by atoms with van der Waals surface area (Å²) in [7, 11) is 5.80. The molecule has 11 heavy (non-hydrogen) atoms. The molecule has 0 fully saturated rings. The normalized spacial score (nSPS) is 10.1. The van der Waals surface area contributed by atoms with E-state index in [9.17, 15) is 0 Å². The fourth-order valence-electron chi connectivity index (χ4n) is 1.10. The van der Waals surface area contributed by atoms with Gasteiger partial charge in [-0.3, -0.25) is 0 Å². The first-order chi connectivity index (χ1) is 5.04. The van der Waals surface area contributed by atoms with Gasteiger partial charge in [-0.05, 0) is 38.0 Å². The lowest BCUT2D eigenvalue weighted by Crippen LogP contribution is -2.15. The molecule has 56 valence electrons. The molecular weight excluding hydrogens is 133 g/mol. The molecular formula is C9H12BN. The van der Waals surface area contributed by atoms with Gasteiger partial charge in [0.05, 0.1) is 0 Å². The van der Waals surface area contributed by atoms with Crippen LogP contribution in [0, 0.1) is 20.8 Å². The maximum atomic E-state index is 5.80. The van der Waals surface area contributed by atoms with E-state index < -0.39 is 0 Å². The van der Waals surface area contributed by atoms with Gasteiger partial charge in [0.1, 0.15) is 7.85 Å². The highest BCUT2D eigenvalue weighted by Gasteiger charge is 2.02. The van der Waals surface area contributed by atoms with Gasteiger partial charge in [-0.25, -0.2) is 0 Å². The summed E-state index contributed by atoms with van der Waals surface area (Å²) in [6.45, 7) is 5.97. The summed E-state index contributed by atoms with van der Waals surface area (Å²) in [4.78, 5) is 0. The Kier molecular flexibility index (Phi) is 1.94. The van der Waals surface area contributed by atoms with Crippen LogP contribution in [0.5, 0.6) is 0 Å². The van der Waals surface area contributed by atoms with Gasteiger partial charge in [0, 0.05) is 5.69 Å². The van der Waals surface area contributed by atoms with Gasteiger partial charge in [-0.15, -0.1) is 0 Å². The smallest absolute Gasteiger partial charge is 0.114 e. The fourth-order valence-corrected chi connectivity index (χ4v) is 1.10. The van der Waals surface area contributed by atoms with Crippen molar-refractivity contribution in [2.24, 2.45) is 0 Å². The first-order valence-corrected chi connectivity index (χ1v) is 3.65. The standard InChI is InChI=1S/C9H12BN/c1-5-4-8(11)7(3)9(10)6(5)2/h4H,11H2,1-3H3. The minimum atomic E-state index is 0.783. The van der Waals surface area contributed by atoms with Crippen LogP contribution in [0.15, 0.2) is 6.07 Å². The van der Waals surface area contributed by atoms with Crippen LogP contribution in [0.1, 0.15) is 16.7 Å². The van der Waals surface area contributed by atoms with Crippen LogP contribution >= 0.6 is 0 Å². The molecule has 2 N–H and O–H groups in total. The molecule has 0 aromatic heterocycles. The molecule has 1 rings (SSSR count). The lowest BCUT2D eigenvalue weighted by atomic mass is 9.84. The van der Waals surface area contributed by atoms with Gasteiger partial charge in [-0.1, -0.05) is 11.0 Å². The average molecular weight is 145 g/mol. The molecule has 0 aliphatic carbocycles. The van der Waals surface area contributed by atoms with E-state index in [2.05, 4.69) is 0 Å². The molecule has 0 spiro atoms. The lowest BCUT2D eigenvalue weighted by molar-refractivity contribution is 1.34. The van der Waals surface area contributed by atoms with E-state index in [1.54, 1.807) is 0 Å². The molecule has 0 unspecified atom stereocenters. The summed E-state index contributed by atoms with van der Waals surface area (Å²) >= 11 is 0. The van der Waals surface area contributed by atoms with Crippen molar-refractivity contribution in [3.63, 3.8) is 0 Å². The van der Waals surface area contributed by atoms with Crippen molar-refractivity contribution in [1.29, 1.82) is 0 Å². The molecule has 1 aromatic carbocycles. The summed E-state index contributed by atoms with van der Waals surface area (Å²) in [5.41, 5.74) is 10.6. The minimum absolute atomic E-state index is 0.783. The Bertz CT molecular complexity index is 266. The lowest BCUT2D eigenvalue weighted by Gasteiger charge is -2.10. The van der Waals surface area contributed by atoms with E-state index in [0.717, 1.165) is 27.8 Å². The Hall–Kier alpha value is -0.915. The van der Waals surface area contributed by atoms with E-state index in [-0.39, 0.29) is 0 Å². The second kappa shape index (κ2) is 2.61. The second-order valence-corrected chi connectivity index (χ2v) is 2.95. The van der Waals surface area contributed by atoms with Crippen LogP contribution < -0.4 is 11.2 Å². The summed E-state index contributed by atoms with van der Waals surface area (Å²) in [6.07, 6.45) is 0. The molecule has 1 aromatic rings. The monoisotopic (exact) mass is 145 g/mol. The Morgan fingerprint density at radius 3 is 2.27 bits per heavy atom. The summed E-state index contributed by atoms with van der Waals surface area (Å²) in [5, 5.41) is 0. The molecule has 0 atom stereocenters. The van der Waals surface area contributed by atoms with E-state index in [1.165, 1.54) is 0 Å². The number of aryl methyl sites for hydroxylation is 1. The minimum Gasteiger partial charge on any atom is -0.399 e. The van der Waals surface area contributed by atoms with Crippen molar-refractivity contribution in [2.75, 3.05) is 5.73 Å². The number of hydrogen-bond acceptors (Lipinski definition) is 1. The molecule has 2 radical (unpaired) electrons. The zero-order valence-electron chi connectivity index (χ0n) is 7.23. The van der Waals surface area contributed by atoms with Crippen LogP contribution in [-0.2, 0) is 0 Å². The van der Waals surface area contributed by atoms with Crippen LogP contribution in [0.3, 0.4) is 0 Å². The molecule has 1 nitrogen and oxygen atoms in total. The van der Waals surface area contributed by atoms with Gasteiger partial charge in [0.25, 0.3) is 0 Å². The van der Waals surface area contributed by atoms with Crippen molar-refractivity contribution < 1.29 is 0 Å². The van der Waals surface area contributed by atoms with Crippen LogP contribution in [0.25, 0.3) is 0 Å². The maximum absolute atomic E-state index is 5.80. The Labute approximate surface area is 69.0 Å². The molecule has 0 aliphatic heterocycles. The van der Waals surface area contributed by atoms with Gasteiger partial charge >= 0.3 is 0 Å². The average Bonchev–Trinajstić information content (AvgIpc) is 1.97. The first-order valence-electron chi connectivity index (χ1n) is 3.65. The largest absolute Gasteiger partial charge is 0.399 e. The van der Waals surface area contributed by atoms with Gasteiger partial charge in [0.15, 0.2) is 0 Å². The summed E-state index contributed by atoms with van der Waals surface area (Å²) in [5.74, 6) is 0. The molecule has 0 saturated carbocycles. The highest BCUT2D eigenvalue weighted by molar-refractivity contribution is 6.34. The Morgan fingerprint density at radius 2 is 1.73 bits per heavy atom. The number of nitrogens with two attached hydrogens (primary N) is 1. The summed E-state index contributed by atoms with van der Waals surface area (Å²) in [6, 6.07) is 1.96. The highest BCUT2D eigenvalue weighted by atomic mass is 14.6. The zero-order valence-corrected chi connectivity index (χ0v) is 7.23. The topological polar surface area (TPSA) is 26.0 Å². The third kappa shape index (κ3) is 1.25. The van der Waals surface area contributed by atoms with Gasteiger partial charge in [-0.2, -0.15) is 0 Å². The predicted octanol–water partition coefficient (Wildman–Crippen LogP) is 0.988. The van der Waals surface area contributed by atoms with Gasteiger partial charge < -0.3 is 5.73 Å². The quantitative estimate of drug-likeness (QED) is 0.427. The van der Waals surface area contributed by atoms with Crippen molar-refractivity contribution in [2.45, 2.75) is 20.8 Å². The predicted molar refractivity (Wildman–Crippen MR) is 50.5 cm³/mol. The molecule has 0 aliphatic rings. The van der Waals surface area contributed by atoms with Gasteiger partial charge in [0.2, 0.25) is 0 Å². The molecule has 0 heterocycles. The van der Waals surface area contributed by atoms with Crippen molar-refractivity contribution in [1.82, 2.24) is 0 Å². The van der Waals surface area contributed by atoms with Crippen LogP contribution in [0.4, 0.5) is 5.69 Å². The van der Waals surface area contributed by atoms with E-state index >= 15 is 0 Å². The molecule has 2 heteroatoms. The number of hydrogen-bond donors (Lipinski definition) is 1. The third-order valence-electron chi connectivity index (χ3n) is 2.20. The number of rotatable bonds is 0.